The normalized spacial score (nSPS) is 15.3. The van der Waals surface area contributed by atoms with Crippen LogP contribution in [-0.4, -0.2) is 26.4 Å². The topological polar surface area (TPSA) is 61.9 Å². The van der Waals surface area contributed by atoms with Crippen molar-refractivity contribution < 1.29 is 0 Å². The van der Waals surface area contributed by atoms with Gasteiger partial charge in [0.2, 0.25) is 0 Å². The van der Waals surface area contributed by atoms with Crippen LogP contribution in [0.5, 0.6) is 0 Å². The Bertz CT molecular complexity index is 756. The average Bonchev–Trinajstić information content (AvgIpc) is 2.77. The minimum Gasteiger partial charge on any atom is -0.310 e. The first-order chi connectivity index (χ1) is 10.4. The van der Waals surface area contributed by atoms with Gasteiger partial charge in [-0.1, -0.05) is 37.0 Å². The van der Waals surface area contributed by atoms with Gasteiger partial charge in [0, 0.05) is 32.0 Å². The van der Waals surface area contributed by atoms with Gasteiger partial charge in [-0.15, -0.1) is 11.3 Å². The molecule has 2 aromatic rings. The van der Waals surface area contributed by atoms with Gasteiger partial charge in [-0.2, -0.15) is 0 Å². The quantitative estimate of drug-likeness (QED) is 0.914. The molecule has 2 aromatic heterocycles. The van der Waals surface area contributed by atoms with Gasteiger partial charge in [0.05, 0.1) is 16.1 Å². The maximum Gasteiger partial charge on any atom is 0.255 e. The van der Waals surface area contributed by atoms with Crippen LogP contribution < -0.4 is 5.56 Å². The summed E-state index contributed by atoms with van der Waals surface area (Å²) in [6, 6.07) is 0. The lowest BCUT2D eigenvalue weighted by Crippen LogP contribution is -2.35. The Hall–Kier alpha value is -0.950. The standard InChI is InChI=1S/C14H16Cl2N4OS/c1-7(2)12-17-9-3-4-20(5-8(9)13(21)19-12)6-10-11(15)18-14(16)22-10/h7H,3-6H2,1-2H3,(H,17,19,21). The van der Waals surface area contributed by atoms with Gasteiger partial charge in [-0.25, -0.2) is 9.97 Å². The zero-order chi connectivity index (χ0) is 15.9. The van der Waals surface area contributed by atoms with Crippen LogP contribution in [-0.2, 0) is 19.5 Å². The molecule has 3 rings (SSSR count). The summed E-state index contributed by atoms with van der Waals surface area (Å²) in [7, 11) is 0. The highest BCUT2D eigenvalue weighted by Crippen LogP contribution is 2.29. The van der Waals surface area contributed by atoms with E-state index in [1.165, 1.54) is 11.3 Å². The summed E-state index contributed by atoms with van der Waals surface area (Å²) < 4.78 is 0.443. The molecule has 0 fully saturated rings. The first-order valence-electron chi connectivity index (χ1n) is 7.09. The van der Waals surface area contributed by atoms with E-state index in [0.29, 0.717) is 22.7 Å². The highest BCUT2D eigenvalue weighted by Gasteiger charge is 2.23. The van der Waals surface area contributed by atoms with Gasteiger partial charge < -0.3 is 4.98 Å². The van der Waals surface area contributed by atoms with Crippen molar-refractivity contribution in [1.82, 2.24) is 19.9 Å². The van der Waals surface area contributed by atoms with E-state index in [-0.39, 0.29) is 11.5 Å². The van der Waals surface area contributed by atoms with E-state index in [4.69, 9.17) is 23.2 Å². The molecule has 1 N–H and O–H groups in total. The Morgan fingerprint density at radius 3 is 2.77 bits per heavy atom. The van der Waals surface area contributed by atoms with Crippen molar-refractivity contribution in [3.05, 3.63) is 41.9 Å². The smallest absolute Gasteiger partial charge is 0.255 e. The van der Waals surface area contributed by atoms with Gasteiger partial charge in [-0.05, 0) is 0 Å². The molecule has 0 bridgehead atoms. The number of H-pyrrole nitrogens is 1. The fraction of sp³-hybridized carbons (Fsp3) is 0.500. The molecule has 1 aliphatic heterocycles. The predicted molar refractivity (Wildman–Crippen MR) is 88.9 cm³/mol. The monoisotopic (exact) mass is 358 g/mol. The molecule has 118 valence electrons. The van der Waals surface area contributed by atoms with E-state index in [0.717, 1.165) is 34.9 Å². The van der Waals surface area contributed by atoms with Crippen LogP contribution in [0.1, 0.15) is 41.7 Å². The van der Waals surface area contributed by atoms with Crippen LogP contribution in [0.3, 0.4) is 0 Å². The minimum absolute atomic E-state index is 0.0353. The lowest BCUT2D eigenvalue weighted by molar-refractivity contribution is 0.243. The summed E-state index contributed by atoms with van der Waals surface area (Å²) in [5.74, 6) is 0.976. The summed E-state index contributed by atoms with van der Waals surface area (Å²) in [6.45, 7) is 6.10. The second-order valence-electron chi connectivity index (χ2n) is 5.67. The number of hydrogen-bond donors (Lipinski definition) is 1. The number of nitrogens with zero attached hydrogens (tertiary/aromatic N) is 3. The third-order valence-corrected chi connectivity index (χ3v) is 5.27. The maximum atomic E-state index is 12.3. The number of rotatable bonds is 3. The molecule has 0 amide bonds. The van der Waals surface area contributed by atoms with E-state index < -0.39 is 0 Å². The first kappa shape index (κ1) is 15.9. The first-order valence-corrected chi connectivity index (χ1v) is 8.66. The fourth-order valence-corrected chi connectivity index (χ4v) is 3.95. The van der Waals surface area contributed by atoms with Crippen molar-refractivity contribution in [2.75, 3.05) is 6.54 Å². The minimum atomic E-state index is -0.0353. The molecule has 22 heavy (non-hydrogen) atoms. The van der Waals surface area contributed by atoms with Gasteiger partial charge in [0.1, 0.15) is 11.0 Å². The lowest BCUT2D eigenvalue weighted by atomic mass is 10.1. The van der Waals surface area contributed by atoms with E-state index in [1.54, 1.807) is 0 Å². The Labute approximate surface area is 142 Å². The molecule has 0 atom stereocenters. The number of nitrogens with one attached hydrogen (secondary N) is 1. The van der Waals surface area contributed by atoms with Crippen molar-refractivity contribution in [1.29, 1.82) is 0 Å². The largest absolute Gasteiger partial charge is 0.310 e. The lowest BCUT2D eigenvalue weighted by Gasteiger charge is -2.27. The number of halogens is 2. The maximum absolute atomic E-state index is 12.3. The molecular formula is C14H16Cl2N4OS. The number of fused-ring (bicyclic) bond motifs is 1. The second-order valence-corrected chi connectivity index (χ2v) is 7.70. The Balaban J connectivity index is 1.82. The summed E-state index contributed by atoms with van der Waals surface area (Å²) in [5, 5.41) is 0.447. The molecular weight excluding hydrogens is 343 g/mol. The molecule has 0 aromatic carbocycles. The van der Waals surface area contributed by atoms with Gasteiger partial charge in [0.15, 0.2) is 4.47 Å². The summed E-state index contributed by atoms with van der Waals surface area (Å²) in [4.78, 5) is 26.9. The molecule has 0 aliphatic carbocycles. The number of aromatic amines is 1. The van der Waals surface area contributed by atoms with Crippen molar-refractivity contribution in [3.8, 4) is 0 Å². The predicted octanol–water partition coefficient (Wildman–Crippen LogP) is 3.21. The highest BCUT2D eigenvalue weighted by atomic mass is 35.5. The van der Waals surface area contributed by atoms with Gasteiger partial charge in [0.25, 0.3) is 5.56 Å². The van der Waals surface area contributed by atoms with E-state index in [9.17, 15) is 4.79 Å². The van der Waals surface area contributed by atoms with E-state index in [2.05, 4.69) is 19.9 Å². The molecule has 0 radical (unpaired) electrons. The van der Waals surface area contributed by atoms with Crippen molar-refractivity contribution in [2.45, 2.75) is 39.3 Å². The Morgan fingerprint density at radius 1 is 1.36 bits per heavy atom. The Kier molecular flexibility index (Phi) is 4.54. The molecule has 0 saturated heterocycles. The van der Waals surface area contributed by atoms with Crippen LogP contribution in [0.2, 0.25) is 9.62 Å². The number of hydrogen-bond acceptors (Lipinski definition) is 5. The zero-order valence-corrected chi connectivity index (χ0v) is 14.6. The molecule has 0 saturated carbocycles. The second kappa shape index (κ2) is 6.28. The van der Waals surface area contributed by atoms with Crippen LogP contribution in [0.15, 0.2) is 4.79 Å². The van der Waals surface area contributed by atoms with Crippen LogP contribution >= 0.6 is 34.5 Å². The summed E-state index contributed by atoms with van der Waals surface area (Å²) >= 11 is 13.3. The SMILES string of the molecule is CC(C)c1nc2c(c(=O)[nH]1)CN(Cc1sc(Cl)nc1Cl)CC2. The number of aromatic nitrogens is 3. The van der Waals surface area contributed by atoms with E-state index in [1.807, 2.05) is 13.8 Å². The third kappa shape index (κ3) is 3.20. The molecule has 0 spiro atoms. The summed E-state index contributed by atoms with van der Waals surface area (Å²) in [5.41, 5.74) is 1.63. The average molecular weight is 359 g/mol. The van der Waals surface area contributed by atoms with Crippen LogP contribution in [0.4, 0.5) is 0 Å². The number of thiazole rings is 1. The molecule has 1 aliphatic rings. The van der Waals surface area contributed by atoms with Crippen molar-refractivity contribution in [2.24, 2.45) is 0 Å². The highest BCUT2D eigenvalue weighted by molar-refractivity contribution is 7.16. The zero-order valence-electron chi connectivity index (χ0n) is 12.3. The molecule has 5 nitrogen and oxygen atoms in total. The molecule has 0 unspecified atom stereocenters. The fourth-order valence-electron chi connectivity index (χ4n) is 2.52. The molecule has 3 heterocycles. The molecule has 8 heteroatoms. The van der Waals surface area contributed by atoms with Gasteiger partial charge in [-0.3, -0.25) is 9.69 Å². The third-order valence-electron chi connectivity index (χ3n) is 3.70. The van der Waals surface area contributed by atoms with Crippen LogP contribution in [0.25, 0.3) is 0 Å². The van der Waals surface area contributed by atoms with Crippen molar-refractivity contribution >= 4 is 34.5 Å². The van der Waals surface area contributed by atoms with Crippen molar-refractivity contribution in [3.63, 3.8) is 0 Å². The summed E-state index contributed by atoms with van der Waals surface area (Å²) in [6.07, 6.45) is 0.767. The van der Waals surface area contributed by atoms with E-state index >= 15 is 0 Å². The Morgan fingerprint density at radius 2 is 2.14 bits per heavy atom. The van der Waals surface area contributed by atoms with Gasteiger partial charge >= 0.3 is 0 Å². The van der Waals surface area contributed by atoms with Crippen LogP contribution in [0, 0.1) is 0 Å².